The van der Waals surface area contributed by atoms with E-state index in [0.717, 1.165) is 32.0 Å². The second kappa shape index (κ2) is 6.64. The van der Waals surface area contributed by atoms with Gasteiger partial charge in [0.25, 0.3) is 0 Å². The molecular weight excluding hydrogens is 256 g/mol. The van der Waals surface area contributed by atoms with Gasteiger partial charge in [0, 0.05) is 25.2 Å². The lowest BCUT2D eigenvalue weighted by atomic mass is 9.96. The molecule has 0 spiro atoms. The summed E-state index contributed by atoms with van der Waals surface area (Å²) in [5.41, 5.74) is 1.42. The predicted octanol–water partition coefficient (Wildman–Crippen LogP) is 3.31. The third-order valence-electron chi connectivity index (χ3n) is 5.07. The molecule has 1 aromatic carbocycles. The number of nitrogens with zero attached hydrogens (tertiary/aromatic N) is 2. The van der Waals surface area contributed by atoms with Crippen molar-refractivity contribution in [2.75, 3.05) is 19.6 Å². The number of terminal acetylenes is 1. The molecule has 3 rings (SSSR count). The number of piperazine rings is 1. The van der Waals surface area contributed by atoms with Crippen LogP contribution < -0.4 is 0 Å². The van der Waals surface area contributed by atoms with E-state index in [9.17, 15) is 0 Å². The van der Waals surface area contributed by atoms with Gasteiger partial charge in [-0.15, -0.1) is 6.42 Å². The monoisotopic (exact) mass is 282 g/mol. The Morgan fingerprint density at radius 2 is 2.10 bits per heavy atom. The summed E-state index contributed by atoms with van der Waals surface area (Å²) < 4.78 is 0. The molecule has 2 heterocycles. The van der Waals surface area contributed by atoms with E-state index < -0.39 is 0 Å². The topological polar surface area (TPSA) is 6.48 Å². The van der Waals surface area contributed by atoms with Crippen LogP contribution >= 0.6 is 0 Å². The summed E-state index contributed by atoms with van der Waals surface area (Å²) in [6.07, 6.45) is 10.8. The highest BCUT2D eigenvalue weighted by Gasteiger charge is 2.39. The quantitative estimate of drug-likeness (QED) is 0.782. The smallest absolute Gasteiger partial charge is 0.0717 e. The van der Waals surface area contributed by atoms with Crippen molar-refractivity contribution in [1.82, 2.24) is 9.80 Å². The summed E-state index contributed by atoms with van der Waals surface area (Å²) >= 11 is 0. The van der Waals surface area contributed by atoms with Crippen molar-refractivity contribution in [3.8, 4) is 12.3 Å². The highest BCUT2D eigenvalue weighted by molar-refractivity contribution is 5.22. The van der Waals surface area contributed by atoms with E-state index in [0.29, 0.717) is 6.04 Å². The van der Waals surface area contributed by atoms with Crippen LogP contribution in [0.25, 0.3) is 0 Å². The largest absolute Gasteiger partial charge is 0.297 e. The molecule has 0 aromatic heterocycles. The second-order valence-electron chi connectivity index (χ2n) is 6.39. The Kier molecular flexibility index (Phi) is 4.63. The first kappa shape index (κ1) is 14.6. The number of hydrogen-bond acceptors (Lipinski definition) is 2. The van der Waals surface area contributed by atoms with Crippen LogP contribution in [0.4, 0.5) is 0 Å². The fourth-order valence-electron chi connectivity index (χ4n) is 3.97. The fourth-order valence-corrected chi connectivity index (χ4v) is 3.97. The van der Waals surface area contributed by atoms with Crippen molar-refractivity contribution in [3.05, 3.63) is 35.9 Å². The molecule has 2 aliphatic rings. The second-order valence-corrected chi connectivity index (χ2v) is 6.39. The molecule has 0 saturated carbocycles. The van der Waals surface area contributed by atoms with E-state index in [-0.39, 0.29) is 6.04 Å². The number of benzene rings is 1. The van der Waals surface area contributed by atoms with Gasteiger partial charge in [0.15, 0.2) is 0 Å². The van der Waals surface area contributed by atoms with Crippen LogP contribution in [0.3, 0.4) is 0 Å². The summed E-state index contributed by atoms with van der Waals surface area (Å²) in [5, 5.41) is 0. The van der Waals surface area contributed by atoms with Gasteiger partial charge in [-0.05, 0) is 31.4 Å². The van der Waals surface area contributed by atoms with E-state index in [1.54, 1.807) is 0 Å². The van der Waals surface area contributed by atoms with Crippen LogP contribution in [0.15, 0.2) is 30.3 Å². The third kappa shape index (κ3) is 3.00. The summed E-state index contributed by atoms with van der Waals surface area (Å²) in [6, 6.07) is 12.4. The maximum atomic E-state index is 5.86. The first-order chi connectivity index (χ1) is 10.3. The zero-order valence-electron chi connectivity index (χ0n) is 13.0. The highest BCUT2D eigenvalue weighted by atomic mass is 15.3. The van der Waals surface area contributed by atoms with Crippen LogP contribution in [-0.4, -0.2) is 41.5 Å². The van der Waals surface area contributed by atoms with Crippen LogP contribution in [-0.2, 0) is 0 Å². The minimum Gasteiger partial charge on any atom is -0.297 e. The first-order valence-electron chi connectivity index (χ1n) is 8.34. The average molecular weight is 282 g/mol. The molecule has 3 atom stereocenters. The molecular formula is C19H26N2. The lowest BCUT2D eigenvalue weighted by molar-refractivity contribution is 0.0321. The Bertz CT molecular complexity index is 490. The van der Waals surface area contributed by atoms with Crippen molar-refractivity contribution in [3.63, 3.8) is 0 Å². The lowest BCUT2D eigenvalue weighted by Gasteiger charge is -2.46. The Hall–Kier alpha value is -1.30. The van der Waals surface area contributed by atoms with Crippen molar-refractivity contribution in [1.29, 1.82) is 0 Å². The molecule has 0 bridgehead atoms. The van der Waals surface area contributed by atoms with E-state index in [1.165, 1.54) is 24.9 Å². The van der Waals surface area contributed by atoms with E-state index in [1.807, 2.05) is 0 Å². The number of hydrogen-bond donors (Lipinski definition) is 0. The van der Waals surface area contributed by atoms with Gasteiger partial charge in [0.2, 0.25) is 0 Å². The molecule has 112 valence electrons. The number of rotatable bonds is 4. The first-order valence-corrected chi connectivity index (χ1v) is 8.34. The standard InChI is InChI=1S/C19H26N2/c1-3-9-17(4-2)21-14-18-12-8-13-20(18)15-19(21)16-10-6-5-7-11-16/h2,5-7,10-11,17-19H,3,8-9,12-15H2,1H3. The molecule has 3 unspecified atom stereocenters. The third-order valence-corrected chi connectivity index (χ3v) is 5.07. The van der Waals surface area contributed by atoms with Gasteiger partial charge < -0.3 is 0 Å². The molecule has 21 heavy (non-hydrogen) atoms. The van der Waals surface area contributed by atoms with Gasteiger partial charge in [-0.1, -0.05) is 49.6 Å². The van der Waals surface area contributed by atoms with Gasteiger partial charge in [0.05, 0.1) is 6.04 Å². The molecule has 0 radical (unpaired) electrons. The molecule has 1 aromatic rings. The van der Waals surface area contributed by atoms with E-state index in [4.69, 9.17) is 6.42 Å². The van der Waals surface area contributed by atoms with Gasteiger partial charge >= 0.3 is 0 Å². The molecule has 2 fully saturated rings. The summed E-state index contributed by atoms with van der Waals surface area (Å²) in [6.45, 7) is 5.76. The van der Waals surface area contributed by atoms with E-state index in [2.05, 4.69) is 53.0 Å². The molecule has 2 saturated heterocycles. The molecule has 2 nitrogen and oxygen atoms in total. The molecule has 0 amide bonds. The Balaban J connectivity index is 1.87. The zero-order chi connectivity index (χ0) is 14.7. The Labute approximate surface area is 129 Å². The minimum atomic E-state index is 0.281. The zero-order valence-corrected chi connectivity index (χ0v) is 13.0. The van der Waals surface area contributed by atoms with Crippen LogP contribution in [0.5, 0.6) is 0 Å². The van der Waals surface area contributed by atoms with Crippen molar-refractivity contribution >= 4 is 0 Å². The van der Waals surface area contributed by atoms with Crippen molar-refractivity contribution in [2.45, 2.75) is 50.7 Å². The number of fused-ring (bicyclic) bond motifs is 1. The highest BCUT2D eigenvalue weighted by Crippen LogP contribution is 2.34. The van der Waals surface area contributed by atoms with Crippen LogP contribution in [0.2, 0.25) is 0 Å². The van der Waals surface area contributed by atoms with Crippen LogP contribution in [0.1, 0.15) is 44.2 Å². The van der Waals surface area contributed by atoms with Crippen molar-refractivity contribution < 1.29 is 0 Å². The van der Waals surface area contributed by atoms with Gasteiger partial charge in [-0.25, -0.2) is 0 Å². The molecule has 0 N–H and O–H groups in total. The average Bonchev–Trinajstić information content (AvgIpc) is 2.99. The summed E-state index contributed by atoms with van der Waals surface area (Å²) in [5.74, 6) is 3.06. The Morgan fingerprint density at radius 1 is 1.29 bits per heavy atom. The fraction of sp³-hybridized carbons (Fsp3) is 0.579. The van der Waals surface area contributed by atoms with Gasteiger partial charge in [0.1, 0.15) is 0 Å². The van der Waals surface area contributed by atoms with Gasteiger partial charge in [-0.3, -0.25) is 9.80 Å². The maximum absolute atomic E-state index is 5.86. The summed E-state index contributed by atoms with van der Waals surface area (Å²) in [4.78, 5) is 5.28. The van der Waals surface area contributed by atoms with E-state index >= 15 is 0 Å². The lowest BCUT2D eigenvalue weighted by Crippen LogP contribution is -2.54. The molecule has 0 aliphatic carbocycles. The SMILES string of the molecule is C#CC(CCC)N1CC2CCCN2CC1c1ccccc1. The van der Waals surface area contributed by atoms with Gasteiger partial charge in [-0.2, -0.15) is 0 Å². The maximum Gasteiger partial charge on any atom is 0.0717 e. The minimum absolute atomic E-state index is 0.281. The molecule has 2 heteroatoms. The van der Waals surface area contributed by atoms with Crippen molar-refractivity contribution in [2.24, 2.45) is 0 Å². The normalized spacial score (nSPS) is 28.0. The summed E-state index contributed by atoms with van der Waals surface area (Å²) in [7, 11) is 0. The Morgan fingerprint density at radius 3 is 2.81 bits per heavy atom. The molecule has 2 aliphatic heterocycles. The van der Waals surface area contributed by atoms with Crippen LogP contribution in [0, 0.1) is 12.3 Å². The predicted molar refractivity (Wildman–Crippen MR) is 88.0 cm³/mol.